The molecule has 7 nitrogen and oxygen atoms in total. The second-order valence-electron chi connectivity index (χ2n) is 12.8. The first kappa shape index (κ1) is 29.6. The molecule has 52 heavy (non-hydrogen) atoms. The van der Waals surface area contributed by atoms with Gasteiger partial charge in [0.1, 0.15) is 12.7 Å². The molecule has 10 rings (SSSR count). The molecular formula is C45H27N7. The quantitative estimate of drug-likeness (QED) is 0.169. The Kier molecular flexibility index (Phi) is 6.99. The Morgan fingerprint density at radius 1 is 0.288 bits per heavy atom. The first-order chi connectivity index (χ1) is 25.7. The van der Waals surface area contributed by atoms with Gasteiger partial charge in [0.25, 0.3) is 0 Å². The Morgan fingerprint density at radius 2 is 0.692 bits per heavy atom. The van der Waals surface area contributed by atoms with E-state index in [1.807, 2.05) is 24.5 Å². The number of benzene rings is 7. The molecule has 0 radical (unpaired) electrons. The molecular weight excluding hydrogens is 639 g/mol. The predicted molar refractivity (Wildman–Crippen MR) is 208 cm³/mol. The van der Waals surface area contributed by atoms with Crippen molar-refractivity contribution in [3.05, 3.63) is 165 Å². The predicted octanol–water partition coefficient (Wildman–Crippen LogP) is 10.4. The standard InChI is InChI=1S/C45H27N7/c1-2-4-33-20-38-23-37(14-13-36(38)19-32(33)3-1)45-51-43(30-9-5-28(6-10-30)34-15-17-41-39(21-34)24-46-26-48-41)50-44(52-45)31-11-7-29(8-12-31)35-16-18-42-40(22-35)25-47-27-49-42/h1-27H. The lowest BCUT2D eigenvalue weighted by Gasteiger charge is -2.11. The van der Waals surface area contributed by atoms with Gasteiger partial charge in [-0.3, -0.25) is 0 Å². The third-order valence-corrected chi connectivity index (χ3v) is 9.56. The number of rotatable bonds is 5. The maximum absolute atomic E-state index is 5.06. The SMILES string of the molecule is c1ccc2cc3cc(-c4nc(-c5ccc(-c6ccc7ncncc7c6)cc5)nc(-c5ccc(-c6ccc7ncncc7c6)cc5)n4)ccc3cc2c1. The summed E-state index contributed by atoms with van der Waals surface area (Å²) in [5.74, 6) is 1.83. The first-order valence-electron chi connectivity index (χ1n) is 17.0. The number of nitrogens with zero attached hydrogens (tertiary/aromatic N) is 7. The highest BCUT2D eigenvalue weighted by molar-refractivity contribution is 5.99. The molecule has 0 saturated carbocycles. The first-order valence-corrected chi connectivity index (χ1v) is 17.0. The highest BCUT2D eigenvalue weighted by Gasteiger charge is 2.14. The lowest BCUT2D eigenvalue weighted by molar-refractivity contribution is 1.07. The third-order valence-electron chi connectivity index (χ3n) is 9.56. The van der Waals surface area contributed by atoms with E-state index < -0.39 is 0 Å². The van der Waals surface area contributed by atoms with E-state index in [2.05, 4.69) is 147 Å². The van der Waals surface area contributed by atoms with Crippen LogP contribution in [-0.4, -0.2) is 34.9 Å². The van der Waals surface area contributed by atoms with Crippen molar-refractivity contribution < 1.29 is 0 Å². The van der Waals surface area contributed by atoms with Crippen LogP contribution in [0.25, 0.3) is 99.8 Å². The van der Waals surface area contributed by atoms with E-state index in [0.29, 0.717) is 17.5 Å². The number of hydrogen-bond acceptors (Lipinski definition) is 7. The van der Waals surface area contributed by atoms with Gasteiger partial charge in [-0.25, -0.2) is 34.9 Å². The van der Waals surface area contributed by atoms with Crippen molar-refractivity contribution in [3.8, 4) is 56.4 Å². The largest absolute Gasteiger partial charge is 0.244 e. The maximum Gasteiger partial charge on any atom is 0.164 e. The van der Waals surface area contributed by atoms with Gasteiger partial charge in [-0.05, 0) is 86.3 Å². The molecule has 3 heterocycles. The van der Waals surface area contributed by atoms with Crippen molar-refractivity contribution in [1.29, 1.82) is 0 Å². The maximum atomic E-state index is 5.06. The Labute approximate surface area is 298 Å². The van der Waals surface area contributed by atoms with Gasteiger partial charge in [0, 0.05) is 39.9 Å². The van der Waals surface area contributed by atoms with E-state index in [4.69, 9.17) is 15.0 Å². The lowest BCUT2D eigenvalue weighted by Crippen LogP contribution is -2.00. The minimum absolute atomic E-state index is 0.607. The average Bonchev–Trinajstić information content (AvgIpc) is 3.22. The van der Waals surface area contributed by atoms with Crippen LogP contribution < -0.4 is 0 Å². The van der Waals surface area contributed by atoms with E-state index in [0.717, 1.165) is 66.1 Å². The summed E-state index contributed by atoms with van der Waals surface area (Å²) in [5.41, 5.74) is 8.92. The fourth-order valence-corrected chi connectivity index (χ4v) is 6.79. The summed E-state index contributed by atoms with van der Waals surface area (Å²) in [6.45, 7) is 0. The minimum atomic E-state index is 0.607. The van der Waals surface area contributed by atoms with Crippen LogP contribution in [-0.2, 0) is 0 Å². The molecule has 0 aliphatic carbocycles. The summed E-state index contributed by atoms with van der Waals surface area (Å²) in [4.78, 5) is 32.2. The minimum Gasteiger partial charge on any atom is -0.244 e. The van der Waals surface area contributed by atoms with E-state index in [1.54, 1.807) is 12.7 Å². The molecule has 0 atom stereocenters. The summed E-state index contributed by atoms with van der Waals surface area (Å²) in [5, 5.41) is 6.72. The Hall–Kier alpha value is -7.25. The molecule has 0 amide bonds. The number of aromatic nitrogens is 7. The second-order valence-corrected chi connectivity index (χ2v) is 12.8. The Bertz CT molecular complexity index is 2820. The van der Waals surface area contributed by atoms with Crippen molar-refractivity contribution in [2.24, 2.45) is 0 Å². The van der Waals surface area contributed by atoms with Crippen molar-refractivity contribution in [2.75, 3.05) is 0 Å². The lowest BCUT2D eigenvalue weighted by atomic mass is 10.0. The van der Waals surface area contributed by atoms with Crippen LogP contribution >= 0.6 is 0 Å². The van der Waals surface area contributed by atoms with Crippen molar-refractivity contribution in [2.45, 2.75) is 0 Å². The van der Waals surface area contributed by atoms with Crippen molar-refractivity contribution >= 4 is 43.4 Å². The molecule has 0 fully saturated rings. The summed E-state index contributed by atoms with van der Waals surface area (Å²) in [7, 11) is 0. The molecule has 10 aromatic rings. The summed E-state index contributed by atoms with van der Waals surface area (Å²) in [6, 6.07) is 48.5. The zero-order chi connectivity index (χ0) is 34.4. The van der Waals surface area contributed by atoms with Crippen LogP contribution in [0.5, 0.6) is 0 Å². The third kappa shape index (κ3) is 5.47. The van der Waals surface area contributed by atoms with Gasteiger partial charge in [0.2, 0.25) is 0 Å². The summed E-state index contributed by atoms with van der Waals surface area (Å²) in [6.07, 6.45) is 6.82. The van der Waals surface area contributed by atoms with E-state index in [1.165, 1.54) is 16.2 Å². The van der Waals surface area contributed by atoms with Gasteiger partial charge in [-0.15, -0.1) is 0 Å². The monoisotopic (exact) mass is 665 g/mol. The highest BCUT2D eigenvalue weighted by Crippen LogP contribution is 2.32. The Balaban J connectivity index is 1.06. The van der Waals surface area contributed by atoms with E-state index >= 15 is 0 Å². The molecule has 7 aromatic carbocycles. The average molecular weight is 666 g/mol. The smallest absolute Gasteiger partial charge is 0.164 e. The molecule has 0 saturated heterocycles. The molecule has 0 bridgehead atoms. The molecule has 242 valence electrons. The van der Waals surface area contributed by atoms with Gasteiger partial charge in [0.15, 0.2) is 17.5 Å². The van der Waals surface area contributed by atoms with Crippen LogP contribution in [0.15, 0.2) is 165 Å². The molecule has 0 N–H and O–H groups in total. The number of hydrogen-bond donors (Lipinski definition) is 0. The van der Waals surface area contributed by atoms with Gasteiger partial charge in [0.05, 0.1) is 11.0 Å². The molecule has 3 aromatic heterocycles. The zero-order valence-corrected chi connectivity index (χ0v) is 27.7. The molecule has 0 spiro atoms. The van der Waals surface area contributed by atoms with Crippen molar-refractivity contribution in [3.63, 3.8) is 0 Å². The fraction of sp³-hybridized carbons (Fsp3) is 0. The highest BCUT2D eigenvalue weighted by atomic mass is 15.0. The molecule has 0 aliphatic rings. The summed E-state index contributed by atoms with van der Waals surface area (Å²) >= 11 is 0. The molecule has 0 aliphatic heterocycles. The zero-order valence-electron chi connectivity index (χ0n) is 27.7. The molecule has 0 unspecified atom stereocenters. The van der Waals surface area contributed by atoms with Gasteiger partial charge >= 0.3 is 0 Å². The van der Waals surface area contributed by atoms with Crippen LogP contribution in [0.4, 0.5) is 0 Å². The van der Waals surface area contributed by atoms with E-state index in [-0.39, 0.29) is 0 Å². The molecule has 7 heteroatoms. The summed E-state index contributed by atoms with van der Waals surface area (Å²) < 4.78 is 0. The fourth-order valence-electron chi connectivity index (χ4n) is 6.79. The Morgan fingerprint density at radius 3 is 1.23 bits per heavy atom. The van der Waals surface area contributed by atoms with Crippen LogP contribution in [0, 0.1) is 0 Å². The van der Waals surface area contributed by atoms with Crippen LogP contribution in [0.3, 0.4) is 0 Å². The normalized spacial score (nSPS) is 11.5. The topological polar surface area (TPSA) is 90.2 Å². The van der Waals surface area contributed by atoms with Gasteiger partial charge in [-0.2, -0.15) is 0 Å². The van der Waals surface area contributed by atoms with Gasteiger partial charge in [-0.1, -0.05) is 97.1 Å². The van der Waals surface area contributed by atoms with Gasteiger partial charge < -0.3 is 0 Å². The number of fused-ring (bicyclic) bond motifs is 4. The second kappa shape index (κ2) is 12.3. The van der Waals surface area contributed by atoms with Crippen molar-refractivity contribution in [1.82, 2.24) is 34.9 Å². The van der Waals surface area contributed by atoms with E-state index in [9.17, 15) is 0 Å². The van der Waals surface area contributed by atoms with Crippen LogP contribution in [0.1, 0.15) is 0 Å². The van der Waals surface area contributed by atoms with Crippen LogP contribution in [0.2, 0.25) is 0 Å².